The molecule has 74 valence electrons. The number of hydrogen-bond donors (Lipinski definition) is 1. The quantitative estimate of drug-likeness (QED) is 0.759. The average molecular weight is 190 g/mol. The van der Waals surface area contributed by atoms with Crippen molar-refractivity contribution in [1.29, 1.82) is 5.26 Å². The van der Waals surface area contributed by atoms with Crippen LogP contribution in [0.4, 0.5) is 0 Å². The normalized spacial score (nSPS) is 26.3. The Bertz CT molecular complexity index is 349. The van der Waals surface area contributed by atoms with E-state index in [1.165, 1.54) is 6.42 Å². The maximum absolute atomic E-state index is 8.68. The van der Waals surface area contributed by atoms with Crippen LogP contribution in [0.15, 0.2) is 12.4 Å². The van der Waals surface area contributed by atoms with Crippen molar-refractivity contribution in [2.45, 2.75) is 31.3 Å². The second-order valence-corrected chi connectivity index (χ2v) is 3.77. The molecule has 0 aliphatic heterocycles. The van der Waals surface area contributed by atoms with Gasteiger partial charge in [0.2, 0.25) is 0 Å². The fourth-order valence-electron chi connectivity index (χ4n) is 2.06. The smallest absolute Gasteiger partial charge is 0.102 e. The van der Waals surface area contributed by atoms with Crippen molar-refractivity contribution >= 4 is 0 Å². The monoisotopic (exact) mass is 190 g/mol. The number of nitrogens with zero attached hydrogens (tertiary/aromatic N) is 3. The first-order chi connectivity index (χ1) is 6.83. The molecule has 1 aliphatic carbocycles. The van der Waals surface area contributed by atoms with Crippen LogP contribution in [-0.4, -0.2) is 22.9 Å². The maximum Gasteiger partial charge on any atom is 0.102 e. The summed E-state index contributed by atoms with van der Waals surface area (Å²) in [7, 11) is 2.00. The lowest BCUT2D eigenvalue weighted by Crippen LogP contribution is -2.21. The number of nitrogens with one attached hydrogen (secondary N) is 1. The van der Waals surface area contributed by atoms with Crippen LogP contribution in [0.1, 0.15) is 30.9 Å². The second-order valence-electron chi connectivity index (χ2n) is 3.77. The van der Waals surface area contributed by atoms with E-state index in [1.807, 2.05) is 17.9 Å². The zero-order chi connectivity index (χ0) is 9.97. The molecule has 4 nitrogen and oxygen atoms in total. The molecule has 1 aromatic heterocycles. The molecular formula is C10H14N4. The van der Waals surface area contributed by atoms with Gasteiger partial charge in [-0.1, -0.05) is 0 Å². The lowest BCUT2D eigenvalue weighted by molar-refractivity contribution is 0.450. The molecule has 14 heavy (non-hydrogen) atoms. The van der Waals surface area contributed by atoms with E-state index in [9.17, 15) is 0 Å². The fraction of sp³-hybridized carbons (Fsp3) is 0.600. The zero-order valence-corrected chi connectivity index (χ0v) is 8.27. The number of rotatable bonds is 2. The van der Waals surface area contributed by atoms with Crippen LogP contribution in [0.5, 0.6) is 0 Å². The third-order valence-corrected chi connectivity index (χ3v) is 2.92. The highest BCUT2D eigenvalue weighted by Gasteiger charge is 2.25. The lowest BCUT2D eigenvalue weighted by Gasteiger charge is -2.10. The Morgan fingerprint density at radius 2 is 2.50 bits per heavy atom. The van der Waals surface area contributed by atoms with Crippen molar-refractivity contribution in [3.05, 3.63) is 18.0 Å². The van der Waals surface area contributed by atoms with Gasteiger partial charge in [-0.3, -0.25) is 4.68 Å². The van der Waals surface area contributed by atoms with Gasteiger partial charge in [-0.15, -0.1) is 0 Å². The Morgan fingerprint density at radius 3 is 3.07 bits per heavy atom. The van der Waals surface area contributed by atoms with E-state index in [4.69, 9.17) is 5.26 Å². The molecule has 1 fully saturated rings. The Labute approximate surface area is 83.5 Å². The van der Waals surface area contributed by atoms with Gasteiger partial charge >= 0.3 is 0 Å². The van der Waals surface area contributed by atoms with Crippen molar-refractivity contribution < 1.29 is 0 Å². The average Bonchev–Trinajstić information content (AvgIpc) is 2.86. The van der Waals surface area contributed by atoms with E-state index in [1.54, 1.807) is 6.20 Å². The summed E-state index contributed by atoms with van der Waals surface area (Å²) < 4.78 is 1.93. The first-order valence-corrected chi connectivity index (χ1v) is 4.95. The molecule has 2 atom stereocenters. The topological polar surface area (TPSA) is 53.6 Å². The SMILES string of the molecule is CNC1CCC(n2cc(C#N)cn2)C1. The molecule has 1 aromatic rings. The summed E-state index contributed by atoms with van der Waals surface area (Å²) in [6, 6.07) is 3.17. The number of aromatic nitrogens is 2. The lowest BCUT2D eigenvalue weighted by atomic mass is 10.2. The van der Waals surface area contributed by atoms with Gasteiger partial charge < -0.3 is 5.32 Å². The standard InChI is InChI=1S/C10H14N4/c1-12-9-2-3-10(4-9)14-7-8(5-11)6-13-14/h6-7,9-10,12H,2-4H2,1H3. The van der Waals surface area contributed by atoms with Gasteiger partial charge in [0.25, 0.3) is 0 Å². The van der Waals surface area contributed by atoms with Crippen LogP contribution in [0.25, 0.3) is 0 Å². The third kappa shape index (κ3) is 1.64. The predicted molar refractivity (Wildman–Crippen MR) is 52.7 cm³/mol. The summed E-state index contributed by atoms with van der Waals surface area (Å²) in [6.07, 6.45) is 6.93. The van der Waals surface area contributed by atoms with Crippen molar-refractivity contribution in [2.75, 3.05) is 7.05 Å². The van der Waals surface area contributed by atoms with Crippen LogP contribution < -0.4 is 5.32 Å². The van der Waals surface area contributed by atoms with Crippen molar-refractivity contribution in [3.8, 4) is 6.07 Å². The predicted octanol–water partition coefficient (Wildman–Crippen LogP) is 1.07. The van der Waals surface area contributed by atoms with Crippen LogP contribution in [0.3, 0.4) is 0 Å². The molecule has 1 N–H and O–H groups in total. The molecule has 0 radical (unpaired) electrons. The fourth-order valence-corrected chi connectivity index (χ4v) is 2.06. The summed E-state index contributed by atoms with van der Waals surface area (Å²) in [5.74, 6) is 0. The van der Waals surface area contributed by atoms with Gasteiger partial charge in [-0.25, -0.2) is 0 Å². The van der Waals surface area contributed by atoms with Gasteiger partial charge in [0.05, 0.1) is 17.8 Å². The molecule has 1 saturated carbocycles. The van der Waals surface area contributed by atoms with Crippen LogP contribution >= 0.6 is 0 Å². The van der Waals surface area contributed by atoms with E-state index in [2.05, 4.69) is 16.5 Å². The van der Waals surface area contributed by atoms with E-state index in [0.29, 0.717) is 17.6 Å². The van der Waals surface area contributed by atoms with Gasteiger partial charge in [-0.2, -0.15) is 10.4 Å². The third-order valence-electron chi connectivity index (χ3n) is 2.92. The molecule has 0 saturated heterocycles. The summed E-state index contributed by atoms with van der Waals surface area (Å²) in [5.41, 5.74) is 0.651. The minimum absolute atomic E-state index is 0.467. The molecule has 2 unspecified atom stereocenters. The molecule has 1 heterocycles. The molecule has 1 aliphatic rings. The summed E-state index contributed by atoms with van der Waals surface area (Å²) in [6.45, 7) is 0. The van der Waals surface area contributed by atoms with Crippen LogP contribution in [0.2, 0.25) is 0 Å². The van der Waals surface area contributed by atoms with E-state index in [0.717, 1.165) is 12.8 Å². The van der Waals surface area contributed by atoms with Gasteiger partial charge in [-0.05, 0) is 26.3 Å². The van der Waals surface area contributed by atoms with Gasteiger partial charge in [0, 0.05) is 12.2 Å². The largest absolute Gasteiger partial charge is 0.317 e. The second kappa shape index (κ2) is 3.81. The van der Waals surface area contributed by atoms with E-state index in [-0.39, 0.29) is 0 Å². The molecule has 0 amide bonds. The Kier molecular flexibility index (Phi) is 2.51. The minimum Gasteiger partial charge on any atom is -0.317 e. The maximum atomic E-state index is 8.68. The summed E-state index contributed by atoms with van der Waals surface area (Å²) in [4.78, 5) is 0. The molecule has 2 rings (SSSR count). The Balaban J connectivity index is 2.06. The van der Waals surface area contributed by atoms with Crippen LogP contribution in [0, 0.1) is 11.3 Å². The molecule has 0 bridgehead atoms. The number of nitriles is 1. The van der Waals surface area contributed by atoms with E-state index >= 15 is 0 Å². The van der Waals surface area contributed by atoms with Crippen molar-refractivity contribution in [2.24, 2.45) is 0 Å². The Hall–Kier alpha value is -1.34. The summed E-state index contributed by atoms with van der Waals surface area (Å²) >= 11 is 0. The number of hydrogen-bond acceptors (Lipinski definition) is 3. The highest BCUT2D eigenvalue weighted by atomic mass is 15.3. The molecule has 4 heteroatoms. The Morgan fingerprint density at radius 1 is 1.64 bits per heavy atom. The van der Waals surface area contributed by atoms with Crippen molar-refractivity contribution in [1.82, 2.24) is 15.1 Å². The van der Waals surface area contributed by atoms with Gasteiger partial charge in [0.1, 0.15) is 6.07 Å². The van der Waals surface area contributed by atoms with Crippen molar-refractivity contribution in [3.63, 3.8) is 0 Å². The van der Waals surface area contributed by atoms with Gasteiger partial charge in [0.15, 0.2) is 0 Å². The zero-order valence-electron chi connectivity index (χ0n) is 8.27. The highest BCUT2D eigenvalue weighted by molar-refractivity contribution is 5.22. The first kappa shape index (κ1) is 9.22. The minimum atomic E-state index is 0.467. The highest BCUT2D eigenvalue weighted by Crippen LogP contribution is 2.29. The van der Waals surface area contributed by atoms with E-state index < -0.39 is 0 Å². The summed E-state index contributed by atoms with van der Waals surface area (Å²) in [5, 5.41) is 16.2. The first-order valence-electron chi connectivity index (χ1n) is 4.95. The van der Waals surface area contributed by atoms with Crippen LogP contribution in [-0.2, 0) is 0 Å². The molecule has 0 spiro atoms. The molecule has 0 aromatic carbocycles. The molecular weight excluding hydrogens is 176 g/mol.